The molecule has 0 saturated carbocycles. The summed E-state index contributed by atoms with van der Waals surface area (Å²) in [5.74, 6) is -0.472. The Bertz CT molecular complexity index is 399. The number of likely N-dealkylation sites (N-methyl/N-ethyl adjacent to an activating group) is 1. The lowest BCUT2D eigenvalue weighted by Crippen LogP contribution is -2.60. The zero-order valence-electron chi connectivity index (χ0n) is 14.4. The number of nitrogens with zero attached hydrogens (tertiary/aromatic N) is 1. The van der Waals surface area contributed by atoms with Crippen molar-refractivity contribution in [3.05, 3.63) is 0 Å². The van der Waals surface area contributed by atoms with E-state index in [-0.39, 0.29) is 5.54 Å². The average Bonchev–Trinajstić information content (AvgIpc) is 2.32. The molecule has 0 radical (unpaired) electrons. The van der Waals surface area contributed by atoms with E-state index in [4.69, 9.17) is 14.2 Å². The number of hydrogen-bond acceptors (Lipinski definition) is 6. The van der Waals surface area contributed by atoms with Crippen LogP contribution < -0.4 is 5.32 Å². The molecule has 7 nitrogen and oxygen atoms in total. The SMILES string of the molecule is COC(=O)C(CCC1(N(C)C)COC1)NC(=O)OC(C)(C)C. The molecule has 0 aromatic heterocycles. The highest BCUT2D eigenvalue weighted by atomic mass is 16.6. The summed E-state index contributed by atoms with van der Waals surface area (Å²) in [7, 11) is 5.27. The molecule has 7 heteroatoms. The maximum absolute atomic E-state index is 11.9. The van der Waals surface area contributed by atoms with Gasteiger partial charge in [-0.15, -0.1) is 0 Å². The number of amides is 1. The van der Waals surface area contributed by atoms with Crippen molar-refractivity contribution in [2.45, 2.75) is 50.8 Å². The Morgan fingerprint density at radius 3 is 2.27 bits per heavy atom. The third-order valence-corrected chi connectivity index (χ3v) is 3.77. The topological polar surface area (TPSA) is 77.1 Å². The lowest BCUT2D eigenvalue weighted by Gasteiger charge is -2.47. The molecule has 0 aromatic carbocycles. The maximum Gasteiger partial charge on any atom is 0.408 e. The van der Waals surface area contributed by atoms with Crippen LogP contribution in [0.1, 0.15) is 33.6 Å². The van der Waals surface area contributed by atoms with Crippen molar-refractivity contribution in [2.75, 3.05) is 34.4 Å². The van der Waals surface area contributed by atoms with Gasteiger partial charge in [-0.25, -0.2) is 9.59 Å². The molecule has 1 rings (SSSR count). The Labute approximate surface area is 132 Å². The second-order valence-electron chi connectivity index (χ2n) is 6.87. The van der Waals surface area contributed by atoms with Crippen LogP contribution in [0.4, 0.5) is 4.79 Å². The monoisotopic (exact) mass is 316 g/mol. The maximum atomic E-state index is 11.9. The van der Waals surface area contributed by atoms with Crippen LogP contribution in [-0.2, 0) is 19.0 Å². The van der Waals surface area contributed by atoms with Crippen LogP contribution in [0, 0.1) is 0 Å². The van der Waals surface area contributed by atoms with Gasteiger partial charge in [0.15, 0.2) is 0 Å². The number of rotatable bonds is 6. The van der Waals surface area contributed by atoms with Crippen LogP contribution in [0.2, 0.25) is 0 Å². The minimum absolute atomic E-state index is 0.0815. The molecule has 0 bridgehead atoms. The number of methoxy groups -OCH3 is 1. The Balaban J connectivity index is 2.61. The number of hydrogen-bond donors (Lipinski definition) is 1. The van der Waals surface area contributed by atoms with E-state index in [9.17, 15) is 9.59 Å². The Morgan fingerprint density at radius 1 is 1.32 bits per heavy atom. The lowest BCUT2D eigenvalue weighted by molar-refractivity contribution is -0.146. The molecule has 1 unspecified atom stereocenters. The molecule has 1 saturated heterocycles. The van der Waals surface area contributed by atoms with Crippen LogP contribution in [0.25, 0.3) is 0 Å². The standard InChI is InChI=1S/C15H28N2O5/c1-14(2,3)22-13(19)16-11(12(18)20-6)7-8-15(17(4)5)9-21-10-15/h11H,7-10H2,1-6H3,(H,16,19). The van der Waals surface area contributed by atoms with E-state index >= 15 is 0 Å². The largest absolute Gasteiger partial charge is 0.467 e. The summed E-state index contributed by atoms with van der Waals surface area (Å²) in [5.41, 5.74) is -0.695. The molecule has 1 aliphatic heterocycles. The van der Waals surface area contributed by atoms with Gasteiger partial charge in [-0.2, -0.15) is 0 Å². The predicted octanol–water partition coefficient (Wildman–Crippen LogP) is 1.16. The van der Waals surface area contributed by atoms with Crippen molar-refractivity contribution in [3.63, 3.8) is 0 Å². The summed E-state index contributed by atoms with van der Waals surface area (Å²) in [6, 6.07) is -0.725. The molecule has 0 aromatic rings. The molecule has 1 N–H and O–H groups in total. The van der Waals surface area contributed by atoms with Crippen LogP contribution in [0.3, 0.4) is 0 Å². The zero-order valence-corrected chi connectivity index (χ0v) is 14.4. The summed E-state index contributed by atoms with van der Waals surface area (Å²) in [4.78, 5) is 25.8. The highest BCUT2D eigenvalue weighted by Crippen LogP contribution is 2.28. The van der Waals surface area contributed by atoms with E-state index in [1.807, 2.05) is 14.1 Å². The first kappa shape index (κ1) is 18.7. The summed E-state index contributed by atoms with van der Waals surface area (Å²) in [6.07, 6.45) is 0.565. The summed E-state index contributed by atoms with van der Waals surface area (Å²) < 4.78 is 15.3. The molecule has 1 atom stereocenters. The first-order chi connectivity index (χ1) is 10.1. The van der Waals surface area contributed by atoms with E-state index < -0.39 is 23.7 Å². The molecule has 0 aliphatic carbocycles. The fraction of sp³-hybridized carbons (Fsp3) is 0.867. The molecule has 1 aliphatic rings. The van der Waals surface area contributed by atoms with Gasteiger partial charge in [-0.3, -0.25) is 4.90 Å². The van der Waals surface area contributed by atoms with Crippen molar-refractivity contribution >= 4 is 12.1 Å². The molecule has 0 spiro atoms. The van der Waals surface area contributed by atoms with Gasteiger partial charge >= 0.3 is 12.1 Å². The van der Waals surface area contributed by atoms with Gasteiger partial charge in [0.2, 0.25) is 0 Å². The van der Waals surface area contributed by atoms with E-state index in [0.717, 1.165) is 6.42 Å². The minimum Gasteiger partial charge on any atom is -0.467 e. The number of alkyl carbamates (subject to hydrolysis) is 1. The fourth-order valence-corrected chi connectivity index (χ4v) is 2.22. The van der Waals surface area contributed by atoms with E-state index in [1.165, 1.54) is 7.11 Å². The van der Waals surface area contributed by atoms with Crippen molar-refractivity contribution in [1.82, 2.24) is 10.2 Å². The average molecular weight is 316 g/mol. The molecule has 1 heterocycles. The molecule has 1 amide bonds. The van der Waals surface area contributed by atoms with Crippen LogP contribution in [0.5, 0.6) is 0 Å². The van der Waals surface area contributed by atoms with Crippen molar-refractivity contribution in [3.8, 4) is 0 Å². The lowest BCUT2D eigenvalue weighted by atomic mass is 9.88. The highest BCUT2D eigenvalue weighted by Gasteiger charge is 2.41. The van der Waals surface area contributed by atoms with Gasteiger partial charge in [0.05, 0.1) is 25.9 Å². The second-order valence-corrected chi connectivity index (χ2v) is 6.87. The van der Waals surface area contributed by atoms with Crippen molar-refractivity contribution in [1.29, 1.82) is 0 Å². The van der Waals surface area contributed by atoms with Gasteiger partial charge in [0.1, 0.15) is 11.6 Å². The summed E-state index contributed by atoms with van der Waals surface area (Å²) in [5, 5.41) is 2.59. The highest BCUT2D eigenvalue weighted by molar-refractivity contribution is 5.81. The normalized spacial score (nSPS) is 18.3. The second kappa shape index (κ2) is 7.28. The molecule has 22 heavy (non-hydrogen) atoms. The number of esters is 1. The first-order valence-corrected chi connectivity index (χ1v) is 7.42. The van der Waals surface area contributed by atoms with Gasteiger partial charge in [0.25, 0.3) is 0 Å². The molecular weight excluding hydrogens is 288 g/mol. The van der Waals surface area contributed by atoms with E-state index in [2.05, 4.69) is 10.2 Å². The van der Waals surface area contributed by atoms with Crippen molar-refractivity contribution < 1.29 is 23.8 Å². The van der Waals surface area contributed by atoms with E-state index in [0.29, 0.717) is 19.6 Å². The summed E-state index contributed by atoms with van der Waals surface area (Å²) >= 11 is 0. The summed E-state index contributed by atoms with van der Waals surface area (Å²) in [6.45, 7) is 6.56. The number of nitrogens with one attached hydrogen (secondary N) is 1. The first-order valence-electron chi connectivity index (χ1n) is 7.42. The third kappa shape index (κ3) is 5.14. The van der Waals surface area contributed by atoms with E-state index in [1.54, 1.807) is 20.8 Å². The van der Waals surface area contributed by atoms with Crippen LogP contribution in [-0.4, -0.2) is 68.6 Å². The quantitative estimate of drug-likeness (QED) is 0.741. The van der Waals surface area contributed by atoms with Gasteiger partial charge in [-0.1, -0.05) is 0 Å². The molecule has 1 fully saturated rings. The van der Waals surface area contributed by atoms with Crippen LogP contribution in [0.15, 0.2) is 0 Å². The predicted molar refractivity (Wildman–Crippen MR) is 81.6 cm³/mol. The third-order valence-electron chi connectivity index (χ3n) is 3.77. The zero-order chi connectivity index (χ0) is 17.0. The van der Waals surface area contributed by atoms with Crippen molar-refractivity contribution in [2.24, 2.45) is 0 Å². The van der Waals surface area contributed by atoms with Gasteiger partial charge < -0.3 is 19.5 Å². The minimum atomic E-state index is -0.725. The molecule has 128 valence electrons. The van der Waals surface area contributed by atoms with Crippen LogP contribution >= 0.6 is 0 Å². The number of carbonyl (C=O) groups excluding carboxylic acids is 2. The Hall–Kier alpha value is -1.34. The molecular formula is C15H28N2O5. The Morgan fingerprint density at radius 2 is 1.91 bits per heavy atom. The van der Waals surface area contributed by atoms with Gasteiger partial charge in [0, 0.05) is 0 Å². The number of ether oxygens (including phenoxy) is 3. The Kier molecular flexibility index (Phi) is 6.19. The smallest absolute Gasteiger partial charge is 0.408 e. The fourth-order valence-electron chi connectivity index (χ4n) is 2.22. The number of carbonyl (C=O) groups is 2. The van der Waals surface area contributed by atoms with Gasteiger partial charge in [-0.05, 0) is 47.7 Å².